The first kappa shape index (κ1) is 28.7. The quantitative estimate of drug-likeness (QED) is 0.232. The zero-order valence-corrected chi connectivity index (χ0v) is 24.6. The fourth-order valence-electron chi connectivity index (χ4n) is 4.79. The third kappa shape index (κ3) is 5.40. The Kier molecular flexibility index (Phi) is 8.16. The second-order valence-electron chi connectivity index (χ2n) is 9.52. The molecule has 0 aliphatic rings. The zero-order chi connectivity index (χ0) is 30.0. The van der Waals surface area contributed by atoms with E-state index in [-0.39, 0.29) is 29.5 Å². The van der Waals surface area contributed by atoms with Crippen molar-refractivity contribution in [3.8, 4) is 34.5 Å². The van der Waals surface area contributed by atoms with Crippen LogP contribution in [0.15, 0.2) is 58.6 Å². The molecule has 0 aliphatic heterocycles. The van der Waals surface area contributed by atoms with Crippen LogP contribution < -0.4 is 24.6 Å². The van der Waals surface area contributed by atoms with E-state index in [1.54, 1.807) is 66.9 Å². The number of thiazole rings is 1. The maximum Gasteiger partial charge on any atom is 0.307 e. The lowest BCUT2D eigenvalue weighted by Gasteiger charge is -2.15. The van der Waals surface area contributed by atoms with Gasteiger partial charge in [-0.3, -0.25) is 23.8 Å². The van der Waals surface area contributed by atoms with Gasteiger partial charge in [0.15, 0.2) is 17.0 Å². The Balaban J connectivity index is 1.45. The molecular weight excluding hydrogens is 558 g/mol. The van der Waals surface area contributed by atoms with Crippen molar-refractivity contribution in [3.63, 3.8) is 0 Å². The van der Waals surface area contributed by atoms with Crippen molar-refractivity contribution in [1.29, 1.82) is 0 Å². The van der Waals surface area contributed by atoms with Gasteiger partial charge in [0.2, 0.25) is 5.88 Å². The van der Waals surface area contributed by atoms with E-state index in [0.717, 1.165) is 29.0 Å². The largest absolute Gasteiger partial charge is 0.493 e. The highest BCUT2D eigenvalue weighted by Gasteiger charge is 2.21. The van der Waals surface area contributed by atoms with Gasteiger partial charge in [-0.25, -0.2) is 4.98 Å². The highest BCUT2D eigenvalue weighted by molar-refractivity contribution is 7.10. The van der Waals surface area contributed by atoms with Gasteiger partial charge >= 0.3 is 4.87 Å². The second kappa shape index (κ2) is 12.0. The molecular formula is C30H31N5O6S. The normalized spacial score (nSPS) is 11.1. The lowest BCUT2D eigenvalue weighted by Crippen LogP contribution is -2.27. The Morgan fingerprint density at radius 2 is 1.83 bits per heavy atom. The monoisotopic (exact) mass is 589 g/mol. The summed E-state index contributed by atoms with van der Waals surface area (Å²) in [6.45, 7) is 6.47. The van der Waals surface area contributed by atoms with Crippen LogP contribution in [0.3, 0.4) is 0 Å². The van der Waals surface area contributed by atoms with E-state index in [1.165, 1.54) is 0 Å². The Hall–Kier alpha value is -4.84. The lowest BCUT2D eigenvalue weighted by molar-refractivity contribution is 0.297. The number of hydrogen-bond donors (Lipinski definition) is 2. The average molecular weight is 590 g/mol. The van der Waals surface area contributed by atoms with Crippen LogP contribution in [0.1, 0.15) is 29.5 Å². The minimum absolute atomic E-state index is 0.188. The molecule has 0 amide bonds. The minimum Gasteiger partial charge on any atom is -0.493 e. The van der Waals surface area contributed by atoms with Gasteiger partial charge in [0, 0.05) is 12.6 Å². The molecule has 0 saturated heterocycles. The molecule has 218 valence electrons. The molecule has 3 heterocycles. The minimum atomic E-state index is -0.355. The number of fused-ring (bicyclic) bond motifs is 1. The summed E-state index contributed by atoms with van der Waals surface area (Å²) >= 11 is 0.893. The molecule has 2 N–H and O–H groups in total. The van der Waals surface area contributed by atoms with E-state index in [4.69, 9.17) is 19.2 Å². The summed E-state index contributed by atoms with van der Waals surface area (Å²) < 4.78 is 20.1. The van der Waals surface area contributed by atoms with Crippen LogP contribution in [0.5, 0.6) is 23.1 Å². The lowest BCUT2D eigenvalue weighted by atomic mass is 10.1. The molecule has 2 aromatic carbocycles. The van der Waals surface area contributed by atoms with E-state index in [1.807, 2.05) is 6.07 Å². The number of nitrogens with one attached hydrogen (secondary N) is 1. The van der Waals surface area contributed by atoms with Crippen LogP contribution in [0, 0.1) is 0 Å². The van der Waals surface area contributed by atoms with Crippen LogP contribution in [-0.2, 0) is 20.0 Å². The topological polar surface area (TPSA) is 133 Å². The number of aryl methyl sites for hydroxylation is 2. The van der Waals surface area contributed by atoms with Gasteiger partial charge < -0.3 is 19.3 Å². The van der Waals surface area contributed by atoms with E-state index < -0.39 is 0 Å². The molecule has 5 aromatic rings. The number of rotatable bonds is 11. The molecule has 0 aliphatic carbocycles. The summed E-state index contributed by atoms with van der Waals surface area (Å²) in [6, 6.07) is 12.5. The van der Waals surface area contributed by atoms with Crippen molar-refractivity contribution < 1.29 is 19.3 Å². The number of methoxy groups -OCH3 is 2. The number of nitrogens with zero attached hydrogens (tertiary/aromatic N) is 4. The SMILES string of the molecule is C=C(c1ccc(OCCn2c(-c3ccc(OC)c(OC)c3)nc3c(CCC)nn(C)c3c2=O)cc1)c1sc(=O)[nH]c1O. The van der Waals surface area contributed by atoms with E-state index in [2.05, 4.69) is 23.6 Å². The summed E-state index contributed by atoms with van der Waals surface area (Å²) in [5, 5.41) is 14.5. The van der Waals surface area contributed by atoms with Crippen LogP contribution in [0.25, 0.3) is 28.0 Å². The van der Waals surface area contributed by atoms with Crippen molar-refractivity contribution in [2.24, 2.45) is 7.05 Å². The van der Waals surface area contributed by atoms with Crippen molar-refractivity contribution >= 4 is 27.9 Å². The first-order valence-corrected chi connectivity index (χ1v) is 14.1. The first-order valence-electron chi connectivity index (χ1n) is 13.3. The molecule has 42 heavy (non-hydrogen) atoms. The van der Waals surface area contributed by atoms with Crippen molar-refractivity contribution in [2.45, 2.75) is 26.3 Å². The summed E-state index contributed by atoms with van der Waals surface area (Å²) in [6.07, 6.45) is 1.57. The Labute approximate surface area is 245 Å². The van der Waals surface area contributed by atoms with Gasteiger partial charge in [0.05, 0.1) is 31.3 Å². The molecule has 0 saturated carbocycles. The fraction of sp³-hybridized carbons (Fsp3) is 0.267. The third-order valence-corrected chi connectivity index (χ3v) is 7.76. The number of aromatic nitrogens is 5. The molecule has 12 heteroatoms. The molecule has 0 fully saturated rings. The number of benzene rings is 2. The predicted octanol–water partition coefficient (Wildman–Crippen LogP) is 4.36. The Bertz CT molecular complexity index is 1880. The number of H-pyrrole nitrogens is 1. The molecule has 0 spiro atoms. The molecule has 3 aromatic heterocycles. The van der Waals surface area contributed by atoms with Gasteiger partial charge in [0.25, 0.3) is 5.56 Å². The average Bonchev–Trinajstić information content (AvgIpc) is 3.50. The van der Waals surface area contributed by atoms with Gasteiger partial charge in [-0.1, -0.05) is 43.4 Å². The van der Waals surface area contributed by atoms with E-state index >= 15 is 0 Å². The van der Waals surface area contributed by atoms with Gasteiger partial charge in [-0.05, 0) is 47.9 Å². The molecule has 5 rings (SSSR count). The predicted molar refractivity (Wildman–Crippen MR) is 162 cm³/mol. The van der Waals surface area contributed by atoms with Crippen LogP contribution in [-0.4, -0.2) is 50.2 Å². The number of aromatic amines is 1. The van der Waals surface area contributed by atoms with Crippen LogP contribution in [0.2, 0.25) is 0 Å². The number of aromatic hydroxyl groups is 1. The van der Waals surface area contributed by atoms with E-state index in [9.17, 15) is 14.7 Å². The summed E-state index contributed by atoms with van der Waals surface area (Å²) in [4.78, 5) is 32.7. The summed E-state index contributed by atoms with van der Waals surface area (Å²) in [5.41, 5.74) is 3.51. The summed E-state index contributed by atoms with van der Waals surface area (Å²) in [7, 11) is 4.88. The van der Waals surface area contributed by atoms with Crippen LogP contribution in [0.4, 0.5) is 0 Å². The van der Waals surface area contributed by atoms with E-state index in [0.29, 0.717) is 56.5 Å². The number of hydrogen-bond acceptors (Lipinski definition) is 9. The van der Waals surface area contributed by atoms with Gasteiger partial charge in [-0.2, -0.15) is 5.10 Å². The fourth-order valence-corrected chi connectivity index (χ4v) is 5.51. The van der Waals surface area contributed by atoms with Crippen molar-refractivity contribution in [2.75, 3.05) is 20.8 Å². The summed E-state index contributed by atoms with van der Waals surface area (Å²) in [5.74, 6) is 1.94. The molecule has 0 atom stereocenters. The number of ether oxygens (including phenoxy) is 3. The van der Waals surface area contributed by atoms with Gasteiger partial charge in [0.1, 0.15) is 23.7 Å². The molecule has 0 bridgehead atoms. The highest BCUT2D eigenvalue weighted by Crippen LogP contribution is 2.33. The maximum atomic E-state index is 13.9. The molecule has 0 unspecified atom stereocenters. The van der Waals surface area contributed by atoms with Crippen LogP contribution >= 0.6 is 11.3 Å². The maximum absolute atomic E-state index is 13.9. The smallest absolute Gasteiger partial charge is 0.307 e. The third-order valence-electron chi connectivity index (χ3n) is 6.83. The first-order chi connectivity index (χ1) is 20.2. The van der Waals surface area contributed by atoms with Gasteiger partial charge in [-0.15, -0.1) is 0 Å². The zero-order valence-electron chi connectivity index (χ0n) is 23.8. The Morgan fingerprint density at radius 1 is 1.10 bits per heavy atom. The molecule has 0 radical (unpaired) electrons. The highest BCUT2D eigenvalue weighted by atomic mass is 32.1. The second-order valence-corrected chi connectivity index (χ2v) is 10.5. The Morgan fingerprint density at radius 3 is 2.48 bits per heavy atom. The molecule has 11 nitrogen and oxygen atoms in total. The van der Waals surface area contributed by atoms with Crippen molar-refractivity contribution in [3.05, 3.63) is 85.2 Å². The van der Waals surface area contributed by atoms with Crippen molar-refractivity contribution in [1.82, 2.24) is 24.3 Å². The standard InChI is InChI=1S/C30H31N5O6S/c1-6-7-21-24-25(34(3)33-21)29(37)35(27(31-24)19-10-13-22(39-4)23(16-19)40-5)14-15-41-20-11-8-18(9-12-20)17(2)26-28(36)32-30(38)42-26/h8-13,16,36H,2,6-7,14-15H2,1,3-5H3,(H,32,38).